The summed E-state index contributed by atoms with van der Waals surface area (Å²) < 4.78 is 60.4. The van der Waals surface area contributed by atoms with Crippen molar-refractivity contribution in [3.63, 3.8) is 0 Å². The number of alkyl halides is 4. The molecule has 8 heteroatoms. The van der Waals surface area contributed by atoms with Gasteiger partial charge < -0.3 is 9.64 Å². The molecule has 0 amide bonds. The van der Waals surface area contributed by atoms with Gasteiger partial charge in [0, 0.05) is 42.5 Å². The first-order chi connectivity index (χ1) is 13.1. The molecule has 0 bridgehead atoms. The number of ether oxygens (including phenoxy) is 1. The lowest BCUT2D eigenvalue weighted by molar-refractivity contribution is -0.0384. The predicted octanol–water partition coefficient (Wildman–Crippen LogP) is 7.00. The SMILES string of the molecule is COc1cc2c(cc1Br)N(C1CCC(F)(F)CC1)CC(CCC(C)(F)F)CS2. The van der Waals surface area contributed by atoms with Gasteiger partial charge in [-0.1, -0.05) is 0 Å². The number of thioether (sulfide) groups is 1. The van der Waals surface area contributed by atoms with Gasteiger partial charge in [0.15, 0.2) is 0 Å². The standard InChI is InChI=1S/C20H26BrF4NOS/c1-19(22,23)6-3-13-11-26(14-4-7-20(24,25)8-5-14)16-9-15(21)17(27-2)10-18(16)28-12-13/h9-10,13-14H,3-8,11-12H2,1-2H3. The molecule has 0 radical (unpaired) electrons. The van der Waals surface area contributed by atoms with Crippen LogP contribution in [-0.2, 0) is 0 Å². The van der Waals surface area contributed by atoms with E-state index in [0.29, 0.717) is 31.6 Å². The lowest BCUT2D eigenvalue weighted by Crippen LogP contribution is -2.43. The Labute approximate surface area is 176 Å². The predicted molar refractivity (Wildman–Crippen MR) is 109 cm³/mol. The van der Waals surface area contributed by atoms with Crippen LogP contribution in [0.1, 0.15) is 45.4 Å². The van der Waals surface area contributed by atoms with Crippen molar-refractivity contribution in [2.75, 3.05) is 24.3 Å². The average Bonchev–Trinajstić information content (AvgIpc) is 2.78. The first kappa shape index (κ1) is 22.1. The minimum Gasteiger partial charge on any atom is -0.496 e. The number of methoxy groups -OCH3 is 1. The second-order valence-electron chi connectivity index (χ2n) is 7.98. The fraction of sp³-hybridized carbons (Fsp3) is 0.700. The Balaban J connectivity index is 1.87. The van der Waals surface area contributed by atoms with Gasteiger partial charge in [-0.25, -0.2) is 17.6 Å². The van der Waals surface area contributed by atoms with Crippen molar-refractivity contribution in [3.05, 3.63) is 16.6 Å². The van der Waals surface area contributed by atoms with Crippen LogP contribution in [0.2, 0.25) is 0 Å². The molecule has 28 heavy (non-hydrogen) atoms. The quantitative estimate of drug-likeness (QED) is 0.418. The lowest BCUT2D eigenvalue weighted by atomic mass is 9.90. The maximum absolute atomic E-state index is 13.7. The molecule has 1 aliphatic heterocycles. The van der Waals surface area contributed by atoms with E-state index in [0.717, 1.165) is 27.7 Å². The number of hydrogen-bond donors (Lipinski definition) is 0. The van der Waals surface area contributed by atoms with Crippen LogP contribution in [0.3, 0.4) is 0 Å². The highest BCUT2D eigenvalue weighted by molar-refractivity contribution is 9.10. The number of halogens is 5. The normalized spacial score (nSPS) is 23.2. The highest BCUT2D eigenvalue weighted by atomic mass is 79.9. The zero-order valence-corrected chi connectivity index (χ0v) is 18.5. The first-order valence-electron chi connectivity index (χ1n) is 9.60. The summed E-state index contributed by atoms with van der Waals surface area (Å²) in [6.45, 7) is 1.57. The van der Waals surface area contributed by atoms with E-state index in [1.807, 2.05) is 12.1 Å². The van der Waals surface area contributed by atoms with Gasteiger partial charge in [0.1, 0.15) is 5.75 Å². The third-order valence-electron chi connectivity index (χ3n) is 5.59. The van der Waals surface area contributed by atoms with E-state index in [-0.39, 0.29) is 31.2 Å². The maximum Gasteiger partial charge on any atom is 0.248 e. The topological polar surface area (TPSA) is 12.5 Å². The van der Waals surface area contributed by atoms with Gasteiger partial charge in [-0.2, -0.15) is 0 Å². The van der Waals surface area contributed by atoms with Crippen LogP contribution in [-0.4, -0.2) is 37.3 Å². The van der Waals surface area contributed by atoms with E-state index in [9.17, 15) is 17.6 Å². The van der Waals surface area contributed by atoms with Crippen molar-refractivity contribution in [1.82, 2.24) is 0 Å². The Kier molecular flexibility index (Phi) is 6.79. The number of anilines is 1. The molecule has 1 unspecified atom stereocenters. The number of nitrogens with zero attached hydrogens (tertiary/aromatic N) is 1. The summed E-state index contributed by atoms with van der Waals surface area (Å²) in [5.41, 5.74) is 0.985. The summed E-state index contributed by atoms with van der Waals surface area (Å²) in [4.78, 5) is 3.20. The third kappa shape index (κ3) is 5.49. The average molecular weight is 484 g/mol. The molecule has 158 valence electrons. The van der Waals surface area contributed by atoms with Crippen molar-refractivity contribution >= 4 is 33.4 Å². The Bertz CT molecular complexity index is 688. The minimum atomic E-state index is -2.69. The van der Waals surface area contributed by atoms with Crippen molar-refractivity contribution in [3.8, 4) is 5.75 Å². The molecule has 1 atom stereocenters. The van der Waals surface area contributed by atoms with E-state index in [1.54, 1.807) is 18.9 Å². The molecule has 1 aromatic carbocycles. The fourth-order valence-corrected chi connectivity index (χ4v) is 5.67. The summed E-state index contributed by atoms with van der Waals surface area (Å²) in [5, 5.41) is 0. The molecule has 1 aromatic rings. The number of benzene rings is 1. The molecule has 0 N–H and O–H groups in total. The van der Waals surface area contributed by atoms with E-state index < -0.39 is 11.8 Å². The summed E-state index contributed by atoms with van der Waals surface area (Å²) in [5.74, 6) is -3.76. The Morgan fingerprint density at radius 3 is 2.57 bits per heavy atom. The molecule has 0 spiro atoms. The van der Waals surface area contributed by atoms with Gasteiger partial charge >= 0.3 is 0 Å². The van der Waals surface area contributed by atoms with Gasteiger partial charge in [0.2, 0.25) is 11.8 Å². The molecule has 2 aliphatic rings. The van der Waals surface area contributed by atoms with Crippen LogP contribution in [0, 0.1) is 5.92 Å². The fourth-order valence-electron chi connectivity index (χ4n) is 3.97. The number of hydrogen-bond acceptors (Lipinski definition) is 3. The van der Waals surface area contributed by atoms with Crippen molar-refractivity contribution in [1.29, 1.82) is 0 Å². The Morgan fingerprint density at radius 1 is 1.29 bits per heavy atom. The van der Waals surface area contributed by atoms with Crippen LogP contribution in [0.4, 0.5) is 23.2 Å². The number of rotatable bonds is 5. The summed E-state index contributed by atoms with van der Waals surface area (Å²) in [6.07, 6.45) is 0.854. The lowest BCUT2D eigenvalue weighted by Gasteiger charge is -2.39. The summed E-state index contributed by atoms with van der Waals surface area (Å²) >= 11 is 5.16. The molecular formula is C20H26BrF4NOS. The molecule has 3 rings (SSSR count). The smallest absolute Gasteiger partial charge is 0.248 e. The third-order valence-corrected chi connectivity index (χ3v) is 7.49. The van der Waals surface area contributed by atoms with E-state index >= 15 is 0 Å². The van der Waals surface area contributed by atoms with Gasteiger partial charge in [0.25, 0.3) is 0 Å². The van der Waals surface area contributed by atoms with Gasteiger partial charge in [-0.15, -0.1) is 11.8 Å². The zero-order valence-electron chi connectivity index (χ0n) is 16.1. The van der Waals surface area contributed by atoms with E-state index in [2.05, 4.69) is 20.8 Å². The van der Waals surface area contributed by atoms with Crippen LogP contribution < -0.4 is 9.64 Å². The van der Waals surface area contributed by atoms with Crippen LogP contribution >= 0.6 is 27.7 Å². The largest absolute Gasteiger partial charge is 0.496 e. The molecular weight excluding hydrogens is 458 g/mol. The van der Waals surface area contributed by atoms with Gasteiger partial charge in [-0.05, 0) is 60.2 Å². The summed E-state index contributed by atoms with van der Waals surface area (Å²) in [6, 6.07) is 3.93. The van der Waals surface area contributed by atoms with Crippen molar-refractivity contribution in [2.45, 2.75) is 68.2 Å². The molecule has 0 aromatic heterocycles. The second kappa shape index (κ2) is 8.62. The monoisotopic (exact) mass is 483 g/mol. The first-order valence-corrected chi connectivity index (χ1v) is 11.4. The Morgan fingerprint density at radius 2 is 1.96 bits per heavy atom. The molecule has 1 aliphatic carbocycles. The van der Waals surface area contributed by atoms with E-state index in [1.165, 1.54) is 0 Å². The molecule has 1 fully saturated rings. The molecule has 1 saturated carbocycles. The highest BCUT2D eigenvalue weighted by Crippen LogP contribution is 2.45. The van der Waals surface area contributed by atoms with Crippen LogP contribution in [0.15, 0.2) is 21.5 Å². The maximum atomic E-state index is 13.7. The van der Waals surface area contributed by atoms with Crippen molar-refractivity contribution < 1.29 is 22.3 Å². The Hall–Kier alpha value is -0.630. The second-order valence-corrected chi connectivity index (χ2v) is 9.90. The number of fused-ring (bicyclic) bond motifs is 1. The summed E-state index contributed by atoms with van der Waals surface area (Å²) in [7, 11) is 1.60. The highest BCUT2D eigenvalue weighted by Gasteiger charge is 2.39. The van der Waals surface area contributed by atoms with E-state index in [4.69, 9.17) is 4.74 Å². The van der Waals surface area contributed by atoms with Crippen molar-refractivity contribution in [2.24, 2.45) is 5.92 Å². The van der Waals surface area contributed by atoms with Gasteiger partial charge in [-0.3, -0.25) is 0 Å². The molecule has 0 saturated heterocycles. The van der Waals surface area contributed by atoms with Gasteiger partial charge in [0.05, 0.1) is 17.3 Å². The van der Waals surface area contributed by atoms with Crippen LogP contribution in [0.25, 0.3) is 0 Å². The minimum absolute atomic E-state index is 0.00186. The molecule has 2 nitrogen and oxygen atoms in total. The van der Waals surface area contributed by atoms with Crippen LogP contribution in [0.5, 0.6) is 5.75 Å². The molecule has 1 heterocycles. The zero-order chi connectivity index (χ0) is 20.5.